The third kappa shape index (κ3) is 7.85. The minimum absolute atomic E-state index is 0.0164. The normalized spacial score (nSPS) is 22.4. The lowest BCUT2D eigenvalue weighted by Crippen LogP contribution is -2.47. The molecule has 2 saturated carbocycles. The number of rotatable bonds is 13. The summed E-state index contributed by atoms with van der Waals surface area (Å²) in [6.07, 6.45) is 5.99. The molecule has 0 heterocycles. The van der Waals surface area contributed by atoms with Crippen LogP contribution in [0.1, 0.15) is 68.3 Å². The second kappa shape index (κ2) is 13.2. The van der Waals surface area contributed by atoms with E-state index in [1.54, 1.807) is 6.92 Å². The van der Waals surface area contributed by atoms with Gasteiger partial charge in [0.2, 0.25) is 5.91 Å². The molecule has 40 heavy (non-hydrogen) atoms. The molecule has 2 bridgehead atoms. The molecule has 9 heteroatoms. The quantitative estimate of drug-likeness (QED) is 0.336. The lowest BCUT2D eigenvalue weighted by molar-refractivity contribution is -0.126. The lowest BCUT2D eigenvalue weighted by Gasteiger charge is -2.28. The van der Waals surface area contributed by atoms with Crippen LogP contribution in [-0.4, -0.2) is 56.4 Å². The summed E-state index contributed by atoms with van der Waals surface area (Å²) < 4.78 is 30.2. The van der Waals surface area contributed by atoms with Gasteiger partial charge in [0, 0.05) is 23.8 Å². The van der Waals surface area contributed by atoms with Crippen LogP contribution in [0.25, 0.3) is 0 Å². The molecule has 0 aliphatic heterocycles. The number of carbonyl (C=O) groups is 2. The Morgan fingerprint density at radius 3 is 2.48 bits per heavy atom. The molecular weight excluding hydrogens is 528 g/mol. The van der Waals surface area contributed by atoms with Crippen LogP contribution in [0.5, 0.6) is 5.75 Å². The number of hydrogen-bond acceptors (Lipinski definition) is 6. The largest absolute Gasteiger partial charge is 0.494 e. The summed E-state index contributed by atoms with van der Waals surface area (Å²) in [4.78, 5) is 26.4. The van der Waals surface area contributed by atoms with Crippen LogP contribution in [0.15, 0.2) is 53.4 Å². The minimum atomic E-state index is -3.59. The third-order valence-electron chi connectivity index (χ3n) is 8.23. The summed E-state index contributed by atoms with van der Waals surface area (Å²) in [6.45, 7) is 4.12. The van der Waals surface area contributed by atoms with E-state index in [2.05, 4.69) is 10.6 Å². The molecule has 4 rings (SSSR count). The number of nitrogens with one attached hydrogen (secondary N) is 2. The third-order valence-corrected chi connectivity index (χ3v) is 9.32. The summed E-state index contributed by atoms with van der Waals surface area (Å²) in [7, 11) is -3.59. The number of fused-ring (bicyclic) bond motifs is 2. The number of aliphatic hydroxyl groups excluding tert-OH is 1. The predicted molar refractivity (Wildman–Crippen MR) is 154 cm³/mol. The molecule has 2 aromatic carbocycles. The highest BCUT2D eigenvalue weighted by atomic mass is 32.2. The second-order valence-electron chi connectivity index (χ2n) is 11.6. The first kappa shape index (κ1) is 30.1. The van der Waals surface area contributed by atoms with Crippen LogP contribution >= 0.6 is 0 Å². The van der Waals surface area contributed by atoms with Gasteiger partial charge < -0.3 is 20.5 Å². The van der Waals surface area contributed by atoms with Crippen LogP contribution in [0.2, 0.25) is 0 Å². The van der Waals surface area contributed by atoms with E-state index in [-0.39, 0.29) is 28.8 Å². The van der Waals surface area contributed by atoms with Crippen molar-refractivity contribution >= 4 is 21.7 Å². The van der Waals surface area contributed by atoms with E-state index < -0.39 is 33.8 Å². The Kier molecular flexibility index (Phi) is 9.90. The lowest BCUT2D eigenvalue weighted by atomic mass is 9.92. The number of sulfone groups is 1. The fourth-order valence-corrected chi connectivity index (χ4v) is 6.67. The van der Waals surface area contributed by atoms with Crippen molar-refractivity contribution in [3.05, 3.63) is 59.7 Å². The molecule has 2 aromatic rings. The van der Waals surface area contributed by atoms with E-state index in [1.165, 1.54) is 37.5 Å². The van der Waals surface area contributed by atoms with Crippen molar-refractivity contribution in [1.29, 1.82) is 0 Å². The zero-order chi connectivity index (χ0) is 28.9. The highest BCUT2D eigenvalue weighted by molar-refractivity contribution is 7.90. The van der Waals surface area contributed by atoms with Crippen molar-refractivity contribution in [1.82, 2.24) is 10.6 Å². The van der Waals surface area contributed by atoms with Crippen molar-refractivity contribution < 1.29 is 27.9 Å². The number of ether oxygens (including phenoxy) is 1. The zero-order valence-electron chi connectivity index (χ0n) is 23.6. The van der Waals surface area contributed by atoms with Gasteiger partial charge in [-0.3, -0.25) is 9.59 Å². The average Bonchev–Trinajstić information content (AvgIpc) is 3.55. The average molecular weight is 571 g/mol. The molecule has 2 amide bonds. The maximum Gasteiger partial charge on any atom is 0.251 e. The van der Waals surface area contributed by atoms with E-state index >= 15 is 0 Å². The van der Waals surface area contributed by atoms with E-state index in [1.807, 2.05) is 37.3 Å². The molecule has 0 aromatic heterocycles. The first-order chi connectivity index (χ1) is 19.0. The summed E-state index contributed by atoms with van der Waals surface area (Å²) in [5.41, 5.74) is 1.05. The van der Waals surface area contributed by atoms with Gasteiger partial charge in [-0.25, -0.2) is 8.42 Å². The molecule has 2 aliphatic rings. The van der Waals surface area contributed by atoms with E-state index in [9.17, 15) is 23.1 Å². The molecule has 2 fully saturated rings. The fraction of sp³-hybridized carbons (Fsp3) is 0.548. The van der Waals surface area contributed by atoms with E-state index in [0.717, 1.165) is 30.6 Å². The van der Waals surface area contributed by atoms with Gasteiger partial charge in [-0.05, 0) is 74.1 Å². The van der Waals surface area contributed by atoms with Gasteiger partial charge in [-0.1, -0.05) is 50.6 Å². The number of carbonyl (C=O) groups excluding carboxylic acids is 2. The molecule has 3 N–H and O–H groups in total. The second-order valence-corrected chi connectivity index (χ2v) is 13.6. The topological polar surface area (TPSA) is 122 Å². The molecule has 0 radical (unpaired) electrons. The van der Waals surface area contributed by atoms with Crippen LogP contribution in [0, 0.1) is 17.8 Å². The smallest absolute Gasteiger partial charge is 0.251 e. The summed E-state index contributed by atoms with van der Waals surface area (Å²) >= 11 is 0. The SMILES string of the molecule is CCCOc1cc(C(=O)N[C@@H](Cc2ccccc2)[C@H](O)C[C@@H](C)C(=O)NC2CC3CCC2C3)cc(S(C)(=O)=O)c1. The Balaban J connectivity index is 1.49. The van der Waals surface area contributed by atoms with E-state index in [0.29, 0.717) is 24.7 Å². The summed E-state index contributed by atoms with van der Waals surface area (Å²) in [5.74, 6) is 0.541. The molecular formula is C31H42N2O6S. The van der Waals surface area contributed by atoms with Crippen LogP contribution < -0.4 is 15.4 Å². The molecule has 0 spiro atoms. The first-order valence-corrected chi connectivity index (χ1v) is 16.2. The van der Waals surface area contributed by atoms with Gasteiger partial charge in [0.1, 0.15) is 5.75 Å². The van der Waals surface area contributed by atoms with Gasteiger partial charge in [0.05, 0.1) is 23.6 Å². The monoisotopic (exact) mass is 570 g/mol. The number of amides is 2. The van der Waals surface area contributed by atoms with Gasteiger partial charge in [0.25, 0.3) is 5.91 Å². The van der Waals surface area contributed by atoms with Crippen molar-refractivity contribution in [2.45, 2.75) is 81.9 Å². The molecule has 218 valence electrons. The molecule has 8 nitrogen and oxygen atoms in total. The van der Waals surface area contributed by atoms with Crippen LogP contribution in [-0.2, 0) is 21.1 Å². The highest BCUT2D eigenvalue weighted by Crippen LogP contribution is 2.44. The maximum absolute atomic E-state index is 13.4. The highest BCUT2D eigenvalue weighted by Gasteiger charge is 2.40. The minimum Gasteiger partial charge on any atom is -0.494 e. The van der Waals surface area contributed by atoms with E-state index in [4.69, 9.17) is 4.74 Å². The van der Waals surface area contributed by atoms with Gasteiger partial charge in [0.15, 0.2) is 9.84 Å². The number of benzene rings is 2. The molecule has 6 atom stereocenters. The maximum atomic E-state index is 13.4. The standard InChI is InChI=1S/C31H42N2O6S/c1-4-12-39-25-17-24(18-26(19-25)40(3,37)38)31(36)33-28(15-21-8-6-5-7-9-21)29(34)13-20(2)30(35)32-27-16-22-10-11-23(27)14-22/h5-9,17-20,22-23,27-29,34H,4,10-16H2,1-3H3,(H,32,35)(H,33,36)/t20-,22?,23?,27?,28+,29-/m1/s1. The van der Waals surface area contributed by atoms with Crippen molar-refractivity contribution in [3.8, 4) is 5.75 Å². The van der Waals surface area contributed by atoms with Crippen molar-refractivity contribution in [2.75, 3.05) is 12.9 Å². The van der Waals surface area contributed by atoms with Crippen molar-refractivity contribution in [2.24, 2.45) is 17.8 Å². The summed E-state index contributed by atoms with van der Waals surface area (Å²) in [6, 6.07) is 13.3. The molecule has 0 saturated heterocycles. The Bertz CT molecular complexity index is 1280. The Morgan fingerprint density at radius 1 is 1.10 bits per heavy atom. The van der Waals surface area contributed by atoms with Crippen LogP contribution in [0.3, 0.4) is 0 Å². The van der Waals surface area contributed by atoms with Gasteiger partial charge in [-0.15, -0.1) is 0 Å². The predicted octanol–water partition coefficient (Wildman–Crippen LogP) is 3.91. The fourth-order valence-electron chi connectivity index (χ4n) is 6.00. The van der Waals surface area contributed by atoms with Crippen molar-refractivity contribution in [3.63, 3.8) is 0 Å². The van der Waals surface area contributed by atoms with Crippen LogP contribution in [0.4, 0.5) is 0 Å². The van der Waals surface area contributed by atoms with Gasteiger partial charge >= 0.3 is 0 Å². The molecule has 3 unspecified atom stereocenters. The number of hydrogen-bond donors (Lipinski definition) is 3. The zero-order valence-corrected chi connectivity index (χ0v) is 24.5. The number of aliphatic hydroxyl groups is 1. The summed E-state index contributed by atoms with van der Waals surface area (Å²) in [5, 5.41) is 17.4. The molecule has 2 aliphatic carbocycles. The Labute approximate surface area is 237 Å². The Morgan fingerprint density at radius 2 is 1.85 bits per heavy atom. The van der Waals surface area contributed by atoms with Gasteiger partial charge in [-0.2, -0.15) is 0 Å². The first-order valence-electron chi connectivity index (χ1n) is 14.3. The Hall–Kier alpha value is -2.91.